The SMILES string of the molecule is CCCCOc1ccc(Cc2cc(Cl)ccc2OC2SC(CO)C(O)C(O)C2O)cc1. The van der Waals surface area contributed by atoms with Gasteiger partial charge in [-0.3, -0.25) is 0 Å². The average molecular weight is 469 g/mol. The van der Waals surface area contributed by atoms with Gasteiger partial charge in [-0.15, -0.1) is 11.8 Å². The summed E-state index contributed by atoms with van der Waals surface area (Å²) < 4.78 is 11.7. The molecule has 1 saturated heterocycles. The second-order valence-electron chi connectivity index (χ2n) is 7.59. The number of ether oxygens (including phenoxy) is 2. The van der Waals surface area contributed by atoms with E-state index in [2.05, 4.69) is 6.92 Å². The number of rotatable bonds is 9. The predicted octanol–water partition coefficient (Wildman–Crippen LogP) is 3.01. The van der Waals surface area contributed by atoms with E-state index in [0.717, 1.165) is 41.5 Å². The highest BCUT2D eigenvalue weighted by atomic mass is 35.5. The van der Waals surface area contributed by atoms with Gasteiger partial charge in [0.2, 0.25) is 0 Å². The lowest BCUT2D eigenvalue weighted by Crippen LogP contribution is -2.55. The van der Waals surface area contributed by atoms with Crippen LogP contribution in [0.1, 0.15) is 30.9 Å². The molecule has 5 atom stereocenters. The van der Waals surface area contributed by atoms with Crippen molar-refractivity contribution in [1.29, 1.82) is 0 Å². The van der Waals surface area contributed by atoms with Crippen LogP contribution in [0.3, 0.4) is 0 Å². The van der Waals surface area contributed by atoms with Gasteiger partial charge in [0, 0.05) is 17.0 Å². The van der Waals surface area contributed by atoms with Crippen molar-refractivity contribution >= 4 is 23.4 Å². The molecule has 0 aromatic heterocycles. The van der Waals surface area contributed by atoms with Gasteiger partial charge in [-0.25, -0.2) is 0 Å². The first-order valence-electron chi connectivity index (χ1n) is 10.4. The topological polar surface area (TPSA) is 99.4 Å². The highest BCUT2D eigenvalue weighted by Gasteiger charge is 2.44. The minimum absolute atomic E-state index is 0.338. The summed E-state index contributed by atoms with van der Waals surface area (Å²) in [4.78, 5) is 0. The van der Waals surface area contributed by atoms with Crippen LogP contribution in [-0.4, -0.2) is 62.6 Å². The Hall–Kier alpha value is -1.48. The molecule has 0 bridgehead atoms. The summed E-state index contributed by atoms with van der Waals surface area (Å²) in [6, 6.07) is 13.0. The van der Waals surface area contributed by atoms with Crippen LogP contribution in [0.25, 0.3) is 0 Å². The number of aliphatic hydroxyl groups is 4. The average Bonchev–Trinajstić information content (AvgIpc) is 2.77. The smallest absolute Gasteiger partial charge is 0.173 e. The fraction of sp³-hybridized carbons (Fsp3) is 0.478. The first-order valence-corrected chi connectivity index (χ1v) is 11.7. The first kappa shape index (κ1) is 24.2. The normalized spacial score (nSPS) is 25.9. The van der Waals surface area contributed by atoms with Crippen LogP contribution in [-0.2, 0) is 6.42 Å². The molecular formula is C23H29ClO6S. The maximum absolute atomic E-state index is 10.4. The summed E-state index contributed by atoms with van der Waals surface area (Å²) in [5.41, 5.74) is 1.02. The fourth-order valence-corrected chi connectivity index (χ4v) is 4.78. The van der Waals surface area contributed by atoms with Crippen molar-refractivity contribution in [2.24, 2.45) is 0 Å². The zero-order valence-corrected chi connectivity index (χ0v) is 18.9. The molecule has 0 amide bonds. The van der Waals surface area contributed by atoms with Crippen LogP contribution in [0, 0.1) is 0 Å². The predicted molar refractivity (Wildman–Crippen MR) is 122 cm³/mol. The first-order chi connectivity index (χ1) is 14.9. The lowest BCUT2D eigenvalue weighted by atomic mass is 10.0. The van der Waals surface area contributed by atoms with Crippen LogP contribution in [0.4, 0.5) is 0 Å². The van der Waals surface area contributed by atoms with Crippen LogP contribution in [0.2, 0.25) is 5.02 Å². The molecule has 1 fully saturated rings. The summed E-state index contributed by atoms with van der Waals surface area (Å²) in [6.07, 6.45) is -1.29. The quantitative estimate of drug-likeness (QED) is 0.420. The molecule has 0 radical (unpaired) electrons. The van der Waals surface area contributed by atoms with Crippen molar-refractivity contribution in [1.82, 2.24) is 0 Å². The van der Waals surface area contributed by atoms with E-state index in [9.17, 15) is 20.4 Å². The van der Waals surface area contributed by atoms with E-state index in [1.807, 2.05) is 24.3 Å². The summed E-state index contributed by atoms with van der Waals surface area (Å²) >= 11 is 7.30. The number of unbranched alkanes of at least 4 members (excludes halogenated alkanes) is 1. The zero-order chi connectivity index (χ0) is 22.4. The Morgan fingerprint density at radius 1 is 1.00 bits per heavy atom. The number of thioether (sulfide) groups is 1. The maximum Gasteiger partial charge on any atom is 0.173 e. The number of hydrogen-bond acceptors (Lipinski definition) is 7. The van der Waals surface area contributed by atoms with E-state index in [1.165, 1.54) is 0 Å². The monoisotopic (exact) mass is 468 g/mol. The molecular weight excluding hydrogens is 440 g/mol. The number of hydrogen-bond donors (Lipinski definition) is 4. The van der Waals surface area contributed by atoms with Gasteiger partial charge in [-0.05, 0) is 42.3 Å². The second kappa shape index (κ2) is 11.4. The molecule has 0 aliphatic carbocycles. The Morgan fingerprint density at radius 3 is 2.42 bits per heavy atom. The van der Waals surface area contributed by atoms with E-state index in [-0.39, 0.29) is 6.61 Å². The third-order valence-corrected chi connectivity index (χ3v) is 6.85. The van der Waals surface area contributed by atoms with E-state index in [1.54, 1.807) is 18.2 Å². The van der Waals surface area contributed by atoms with Crippen molar-refractivity contribution in [3.63, 3.8) is 0 Å². The highest BCUT2D eigenvalue weighted by Crippen LogP contribution is 2.36. The highest BCUT2D eigenvalue weighted by molar-refractivity contribution is 8.00. The maximum atomic E-state index is 10.4. The number of halogens is 1. The van der Waals surface area contributed by atoms with Gasteiger partial charge in [0.05, 0.1) is 24.6 Å². The largest absolute Gasteiger partial charge is 0.494 e. The molecule has 6 nitrogen and oxygen atoms in total. The van der Waals surface area contributed by atoms with Crippen molar-refractivity contribution in [3.8, 4) is 11.5 Å². The fourth-order valence-electron chi connectivity index (χ4n) is 3.35. The number of benzene rings is 2. The molecule has 8 heteroatoms. The second-order valence-corrected chi connectivity index (χ2v) is 9.37. The molecule has 5 unspecified atom stereocenters. The van der Waals surface area contributed by atoms with Gasteiger partial charge in [0.25, 0.3) is 0 Å². The van der Waals surface area contributed by atoms with Crippen molar-refractivity contribution in [2.45, 2.75) is 55.2 Å². The minimum atomic E-state index is -1.40. The van der Waals surface area contributed by atoms with Gasteiger partial charge in [0.15, 0.2) is 5.44 Å². The van der Waals surface area contributed by atoms with Gasteiger partial charge in [0.1, 0.15) is 23.7 Å². The third kappa shape index (κ3) is 6.28. The van der Waals surface area contributed by atoms with Gasteiger partial charge < -0.3 is 29.9 Å². The summed E-state index contributed by atoms with van der Waals surface area (Å²) in [6.45, 7) is 2.48. The molecule has 31 heavy (non-hydrogen) atoms. The van der Waals surface area contributed by atoms with Crippen LogP contribution < -0.4 is 9.47 Å². The zero-order valence-electron chi connectivity index (χ0n) is 17.4. The Morgan fingerprint density at radius 2 is 1.74 bits per heavy atom. The summed E-state index contributed by atoms with van der Waals surface area (Å²) in [5, 5.41) is 39.8. The molecule has 4 N–H and O–H groups in total. The Bertz CT molecular complexity index is 831. The molecule has 2 aromatic rings. The summed E-state index contributed by atoms with van der Waals surface area (Å²) in [7, 11) is 0. The van der Waals surface area contributed by atoms with E-state index in [0.29, 0.717) is 23.8 Å². The number of aliphatic hydroxyl groups excluding tert-OH is 4. The van der Waals surface area contributed by atoms with Crippen LogP contribution in [0.5, 0.6) is 11.5 Å². The molecule has 3 rings (SSSR count). The molecule has 170 valence electrons. The van der Waals surface area contributed by atoms with E-state index < -0.39 is 29.0 Å². The van der Waals surface area contributed by atoms with Crippen LogP contribution >= 0.6 is 23.4 Å². The van der Waals surface area contributed by atoms with Crippen LogP contribution in [0.15, 0.2) is 42.5 Å². The molecule has 2 aromatic carbocycles. The molecule has 0 spiro atoms. The van der Waals surface area contributed by atoms with Gasteiger partial charge in [-0.2, -0.15) is 0 Å². The Kier molecular flexibility index (Phi) is 8.89. The minimum Gasteiger partial charge on any atom is -0.494 e. The Balaban J connectivity index is 1.73. The standard InChI is InChI=1S/C23H29ClO6S/c1-2-3-10-29-17-7-4-14(5-8-17)11-15-12-16(24)6-9-18(15)30-23-22(28)21(27)20(26)19(13-25)31-23/h4-9,12,19-23,25-28H,2-3,10-11,13H2,1H3. The van der Waals surface area contributed by atoms with E-state index >= 15 is 0 Å². The lowest BCUT2D eigenvalue weighted by Gasteiger charge is -2.39. The molecule has 1 heterocycles. The molecule has 0 saturated carbocycles. The third-order valence-electron chi connectivity index (χ3n) is 5.20. The van der Waals surface area contributed by atoms with Gasteiger partial charge >= 0.3 is 0 Å². The molecule has 1 aliphatic rings. The lowest BCUT2D eigenvalue weighted by molar-refractivity contribution is -0.0910. The van der Waals surface area contributed by atoms with Crippen molar-refractivity contribution in [2.75, 3.05) is 13.2 Å². The van der Waals surface area contributed by atoms with E-state index in [4.69, 9.17) is 21.1 Å². The van der Waals surface area contributed by atoms with Gasteiger partial charge in [-0.1, -0.05) is 37.1 Å². The Labute approximate surface area is 191 Å². The van der Waals surface area contributed by atoms with Crippen molar-refractivity contribution < 1.29 is 29.9 Å². The molecule has 1 aliphatic heterocycles. The van der Waals surface area contributed by atoms with Crippen molar-refractivity contribution in [3.05, 3.63) is 58.6 Å². The summed E-state index contributed by atoms with van der Waals surface area (Å²) in [5.74, 6) is 1.34.